The van der Waals surface area contributed by atoms with Crippen molar-refractivity contribution < 1.29 is 0 Å². The molecule has 1 saturated heterocycles. The third-order valence-electron chi connectivity index (χ3n) is 5.93. The second-order valence-corrected chi connectivity index (χ2v) is 7.98. The Hall–Kier alpha value is -2.43. The van der Waals surface area contributed by atoms with E-state index in [1.165, 1.54) is 52.0 Å². The summed E-state index contributed by atoms with van der Waals surface area (Å²) < 4.78 is 0. The number of rotatable bonds is 5. The predicted molar refractivity (Wildman–Crippen MR) is 116 cm³/mol. The van der Waals surface area contributed by atoms with Crippen LogP contribution in [0.15, 0.2) is 48.8 Å². The molecule has 0 atom stereocenters. The first kappa shape index (κ1) is 18.9. The van der Waals surface area contributed by atoms with E-state index in [9.17, 15) is 0 Å². The van der Waals surface area contributed by atoms with Gasteiger partial charge in [-0.15, -0.1) is 0 Å². The molecule has 1 fully saturated rings. The van der Waals surface area contributed by atoms with Crippen molar-refractivity contribution in [1.29, 1.82) is 0 Å². The molecule has 4 rings (SSSR count). The van der Waals surface area contributed by atoms with E-state index in [-0.39, 0.29) is 0 Å². The molecule has 0 saturated carbocycles. The van der Waals surface area contributed by atoms with Gasteiger partial charge in [0.1, 0.15) is 0 Å². The number of likely N-dealkylation sites (tertiary alicyclic amines) is 1. The molecule has 3 aromatic rings. The lowest BCUT2D eigenvalue weighted by Crippen LogP contribution is -2.29. The Morgan fingerprint density at radius 3 is 2.36 bits per heavy atom. The lowest BCUT2D eigenvalue weighted by molar-refractivity contribution is 0.253. The quantitative estimate of drug-likeness (QED) is 0.687. The van der Waals surface area contributed by atoms with Crippen LogP contribution in [-0.4, -0.2) is 42.1 Å². The Labute approximate surface area is 168 Å². The van der Waals surface area contributed by atoms with E-state index >= 15 is 0 Å². The van der Waals surface area contributed by atoms with Crippen molar-refractivity contribution in [3.63, 3.8) is 0 Å². The smallest absolute Gasteiger partial charge is 0.0539 e. The number of hydrogen-bond donors (Lipinski definition) is 2. The number of nitrogens with zero attached hydrogens (tertiary/aromatic N) is 2. The van der Waals surface area contributed by atoms with Crippen molar-refractivity contribution >= 4 is 0 Å². The van der Waals surface area contributed by atoms with E-state index in [1.807, 2.05) is 19.4 Å². The summed E-state index contributed by atoms with van der Waals surface area (Å²) in [5.74, 6) is 0.583. The maximum atomic E-state index is 4.23. The van der Waals surface area contributed by atoms with Gasteiger partial charge in [-0.25, -0.2) is 0 Å². The average Bonchev–Trinajstić information content (AvgIpc) is 3.09. The van der Waals surface area contributed by atoms with Gasteiger partial charge in [0.05, 0.1) is 5.69 Å². The summed E-state index contributed by atoms with van der Waals surface area (Å²) in [4.78, 5) is 10.5. The highest BCUT2D eigenvalue weighted by molar-refractivity contribution is 5.85. The molecule has 0 radical (unpaired) electrons. The maximum Gasteiger partial charge on any atom is 0.0539 e. The number of aromatic nitrogens is 2. The van der Waals surface area contributed by atoms with Gasteiger partial charge in [0.25, 0.3) is 0 Å². The molecule has 1 aromatic carbocycles. The first-order chi connectivity index (χ1) is 13.7. The minimum atomic E-state index is 0.583. The second-order valence-electron chi connectivity index (χ2n) is 7.98. The summed E-state index contributed by atoms with van der Waals surface area (Å²) in [7, 11) is 4.26. The number of H-pyrrole nitrogens is 1. The summed E-state index contributed by atoms with van der Waals surface area (Å²) in [6.07, 6.45) is 6.19. The number of hydrogen-bond acceptors (Lipinski definition) is 3. The molecule has 2 aromatic heterocycles. The summed E-state index contributed by atoms with van der Waals surface area (Å²) in [5.41, 5.74) is 9.11. The zero-order valence-corrected chi connectivity index (χ0v) is 17.1. The molecule has 0 unspecified atom stereocenters. The molecule has 1 aliphatic rings. The number of aryl methyl sites for hydroxylation is 1. The van der Waals surface area contributed by atoms with Crippen LogP contribution in [0.25, 0.3) is 22.4 Å². The molecule has 4 nitrogen and oxygen atoms in total. The molecular formula is C24H30N4. The summed E-state index contributed by atoms with van der Waals surface area (Å²) >= 11 is 0. The maximum absolute atomic E-state index is 4.23. The zero-order valence-electron chi connectivity index (χ0n) is 17.1. The number of piperidine rings is 1. The average molecular weight is 375 g/mol. The molecular weight excluding hydrogens is 344 g/mol. The van der Waals surface area contributed by atoms with Gasteiger partial charge in [-0.2, -0.15) is 0 Å². The van der Waals surface area contributed by atoms with Crippen molar-refractivity contribution in [3.05, 3.63) is 65.6 Å². The van der Waals surface area contributed by atoms with Crippen LogP contribution in [0.3, 0.4) is 0 Å². The van der Waals surface area contributed by atoms with Gasteiger partial charge >= 0.3 is 0 Å². The third kappa shape index (κ3) is 3.75. The SMILES string of the molecule is CNCc1c(C2CCN(C)CC2)[nH]c(-c2ccc(C)cc2)c1-c1ccncc1. The van der Waals surface area contributed by atoms with E-state index in [4.69, 9.17) is 0 Å². The fraction of sp³-hybridized carbons (Fsp3) is 0.375. The highest BCUT2D eigenvalue weighted by atomic mass is 15.1. The van der Waals surface area contributed by atoms with E-state index in [0.29, 0.717) is 5.92 Å². The van der Waals surface area contributed by atoms with Crippen LogP contribution in [0.1, 0.15) is 35.6 Å². The van der Waals surface area contributed by atoms with Crippen LogP contribution in [0.5, 0.6) is 0 Å². The van der Waals surface area contributed by atoms with Gasteiger partial charge in [0.2, 0.25) is 0 Å². The Morgan fingerprint density at radius 1 is 1.04 bits per heavy atom. The minimum absolute atomic E-state index is 0.583. The van der Waals surface area contributed by atoms with Gasteiger partial charge in [-0.3, -0.25) is 4.98 Å². The summed E-state index contributed by atoms with van der Waals surface area (Å²) in [6, 6.07) is 13.1. The zero-order chi connectivity index (χ0) is 19.5. The van der Waals surface area contributed by atoms with Crippen LogP contribution in [0.2, 0.25) is 0 Å². The first-order valence-corrected chi connectivity index (χ1v) is 10.2. The molecule has 3 heterocycles. The fourth-order valence-electron chi connectivity index (χ4n) is 4.34. The van der Waals surface area contributed by atoms with Crippen molar-refractivity contribution in [2.45, 2.75) is 32.2 Å². The predicted octanol–water partition coefficient (Wildman–Crippen LogP) is 4.58. The largest absolute Gasteiger partial charge is 0.357 e. The van der Waals surface area contributed by atoms with Gasteiger partial charge < -0.3 is 15.2 Å². The molecule has 0 spiro atoms. The van der Waals surface area contributed by atoms with Crippen molar-refractivity contribution in [3.8, 4) is 22.4 Å². The Bertz CT molecular complexity index is 904. The number of nitrogens with one attached hydrogen (secondary N) is 2. The highest BCUT2D eigenvalue weighted by Crippen LogP contribution is 2.41. The Morgan fingerprint density at radius 2 is 1.71 bits per heavy atom. The Kier molecular flexibility index (Phi) is 5.60. The molecule has 28 heavy (non-hydrogen) atoms. The van der Waals surface area contributed by atoms with Crippen LogP contribution < -0.4 is 5.32 Å². The number of benzene rings is 1. The van der Waals surface area contributed by atoms with E-state index < -0.39 is 0 Å². The Balaban J connectivity index is 1.88. The molecule has 2 N–H and O–H groups in total. The van der Waals surface area contributed by atoms with Crippen molar-refractivity contribution in [2.75, 3.05) is 27.2 Å². The molecule has 4 heteroatoms. The minimum Gasteiger partial charge on any atom is -0.357 e. The van der Waals surface area contributed by atoms with Gasteiger partial charge in [-0.1, -0.05) is 29.8 Å². The number of aromatic amines is 1. The van der Waals surface area contributed by atoms with E-state index in [0.717, 1.165) is 19.6 Å². The van der Waals surface area contributed by atoms with E-state index in [2.05, 4.69) is 70.6 Å². The molecule has 146 valence electrons. The summed E-state index contributed by atoms with van der Waals surface area (Å²) in [5, 5.41) is 3.41. The van der Waals surface area contributed by atoms with Crippen molar-refractivity contribution in [2.24, 2.45) is 0 Å². The monoisotopic (exact) mass is 374 g/mol. The lowest BCUT2D eigenvalue weighted by Gasteiger charge is -2.29. The second kappa shape index (κ2) is 8.29. The van der Waals surface area contributed by atoms with Crippen LogP contribution >= 0.6 is 0 Å². The van der Waals surface area contributed by atoms with Crippen molar-refractivity contribution in [1.82, 2.24) is 20.2 Å². The lowest BCUT2D eigenvalue weighted by atomic mass is 9.89. The standard InChI is InChI=1S/C24H30N4/c1-17-4-6-19(7-5-17)24-22(18-8-12-26-13-9-18)21(16-25-2)23(27-24)20-10-14-28(3)15-11-20/h4-9,12-13,20,25,27H,10-11,14-16H2,1-3H3. The molecule has 0 aliphatic carbocycles. The third-order valence-corrected chi connectivity index (χ3v) is 5.93. The summed E-state index contributed by atoms with van der Waals surface area (Å²) in [6.45, 7) is 5.32. The molecule has 0 bridgehead atoms. The van der Waals surface area contributed by atoms with Gasteiger partial charge in [-0.05, 0) is 75.8 Å². The highest BCUT2D eigenvalue weighted by Gasteiger charge is 2.27. The van der Waals surface area contributed by atoms with Gasteiger partial charge in [0.15, 0.2) is 0 Å². The first-order valence-electron chi connectivity index (χ1n) is 10.2. The topological polar surface area (TPSA) is 44.0 Å². The normalized spacial score (nSPS) is 15.8. The van der Waals surface area contributed by atoms with Gasteiger partial charge in [0, 0.05) is 36.1 Å². The molecule has 0 amide bonds. The molecule has 1 aliphatic heterocycles. The fourth-order valence-corrected chi connectivity index (χ4v) is 4.34. The van der Waals surface area contributed by atoms with Crippen LogP contribution in [-0.2, 0) is 6.54 Å². The van der Waals surface area contributed by atoms with Crippen LogP contribution in [0.4, 0.5) is 0 Å². The van der Waals surface area contributed by atoms with Crippen LogP contribution in [0, 0.1) is 6.92 Å². The number of pyridine rings is 1. The van der Waals surface area contributed by atoms with E-state index in [1.54, 1.807) is 0 Å².